The summed E-state index contributed by atoms with van der Waals surface area (Å²) >= 11 is 0. The molecule has 0 atom stereocenters. The highest BCUT2D eigenvalue weighted by molar-refractivity contribution is 7.93. The van der Waals surface area contributed by atoms with Crippen LogP contribution < -0.4 is 10.1 Å². The molecular formula is C21H25NO4S. The molecule has 6 heteroatoms. The second-order valence-corrected chi connectivity index (χ2v) is 9.38. The van der Waals surface area contributed by atoms with Crippen molar-refractivity contribution >= 4 is 21.4 Å². The molecule has 5 nitrogen and oxygen atoms in total. The van der Waals surface area contributed by atoms with Crippen LogP contribution in [0.1, 0.15) is 36.8 Å². The van der Waals surface area contributed by atoms with Crippen molar-refractivity contribution in [3.05, 3.63) is 53.6 Å². The lowest BCUT2D eigenvalue weighted by Gasteiger charge is -2.28. The van der Waals surface area contributed by atoms with E-state index in [4.69, 9.17) is 4.74 Å². The number of carbonyl (C=O) groups excluding carboxylic acids is 1. The van der Waals surface area contributed by atoms with Gasteiger partial charge in [0.25, 0.3) is 0 Å². The van der Waals surface area contributed by atoms with Gasteiger partial charge in [0.1, 0.15) is 5.75 Å². The zero-order valence-electron chi connectivity index (χ0n) is 15.9. The standard InChI is InChI=1S/C21H25NO4S/c1-15-6-7-16(2)19(14-15)27(24,25)21(12-4-5-13-21)20(23)22-17-8-10-18(26-3)11-9-17/h6-11,14H,4-5,12-13H2,1-3H3,(H,22,23). The summed E-state index contributed by atoms with van der Waals surface area (Å²) in [6, 6.07) is 12.2. The predicted octanol–water partition coefficient (Wildman–Crippen LogP) is 4.04. The highest BCUT2D eigenvalue weighted by atomic mass is 32.2. The number of amides is 1. The average Bonchev–Trinajstić information content (AvgIpc) is 3.16. The quantitative estimate of drug-likeness (QED) is 0.840. The molecule has 1 fully saturated rings. The highest BCUT2D eigenvalue weighted by Gasteiger charge is 2.53. The van der Waals surface area contributed by atoms with Crippen molar-refractivity contribution in [2.24, 2.45) is 0 Å². The predicted molar refractivity (Wildman–Crippen MR) is 106 cm³/mol. The first-order chi connectivity index (χ1) is 12.8. The first-order valence-corrected chi connectivity index (χ1v) is 10.6. The van der Waals surface area contributed by atoms with Gasteiger partial charge in [-0.15, -0.1) is 0 Å². The molecule has 144 valence electrons. The van der Waals surface area contributed by atoms with Crippen molar-refractivity contribution in [2.75, 3.05) is 12.4 Å². The Morgan fingerprint density at radius 3 is 2.26 bits per heavy atom. The van der Waals surface area contributed by atoms with Crippen LogP contribution in [0.25, 0.3) is 0 Å². The zero-order valence-corrected chi connectivity index (χ0v) is 16.7. The minimum absolute atomic E-state index is 0.259. The van der Waals surface area contributed by atoms with Crippen LogP contribution in [0.3, 0.4) is 0 Å². The van der Waals surface area contributed by atoms with Crippen LogP contribution in [0.4, 0.5) is 5.69 Å². The number of nitrogens with one attached hydrogen (secondary N) is 1. The summed E-state index contributed by atoms with van der Waals surface area (Å²) in [7, 11) is -2.26. The molecule has 0 heterocycles. The maximum Gasteiger partial charge on any atom is 0.246 e. The number of methoxy groups -OCH3 is 1. The molecular weight excluding hydrogens is 362 g/mol. The van der Waals surface area contributed by atoms with Gasteiger partial charge >= 0.3 is 0 Å². The molecule has 0 unspecified atom stereocenters. The Hall–Kier alpha value is -2.34. The normalized spacial score (nSPS) is 16.1. The lowest BCUT2D eigenvalue weighted by molar-refractivity contribution is -0.118. The van der Waals surface area contributed by atoms with Crippen LogP contribution in [0, 0.1) is 13.8 Å². The van der Waals surface area contributed by atoms with E-state index < -0.39 is 20.5 Å². The van der Waals surface area contributed by atoms with Gasteiger partial charge in [-0.05, 0) is 68.1 Å². The van der Waals surface area contributed by atoms with Gasteiger partial charge in [0.05, 0.1) is 12.0 Å². The average molecular weight is 388 g/mol. The zero-order chi connectivity index (χ0) is 19.7. The summed E-state index contributed by atoms with van der Waals surface area (Å²) in [6.07, 6.45) is 2.12. The van der Waals surface area contributed by atoms with Gasteiger partial charge in [-0.2, -0.15) is 0 Å². The van der Waals surface area contributed by atoms with Crippen LogP contribution in [0.2, 0.25) is 0 Å². The number of hydrogen-bond acceptors (Lipinski definition) is 4. The van der Waals surface area contributed by atoms with Crippen molar-refractivity contribution in [2.45, 2.75) is 49.2 Å². The molecule has 2 aromatic carbocycles. The van der Waals surface area contributed by atoms with Gasteiger partial charge in [0.2, 0.25) is 5.91 Å². The van der Waals surface area contributed by atoms with Crippen molar-refractivity contribution in [3.8, 4) is 5.75 Å². The molecule has 0 aliphatic heterocycles. The summed E-state index contributed by atoms with van der Waals surface area (Å²) in [5.74, 6) is 0.220. The minimum atomic E-state index is -3.82. The Morgan fingerprint density at radius 2 is 1.67 bits per heavy atom. The van der Waals surface area contributed by atoms with Crippen LogP contribution in [0.15, 0.2) is 47.4 Å². The number of rotatable bonds is 5. The second kappa shape index (κ2) is 7.35. The summed E-state index contributed by atoms with van der Waals surface area (Å²) in [6.45, 7) is 3.63. The van der Waals surface area contributed by atoms with Gasteiger partial charge in [0.15, 0.2) is 14.6 Å². The Labute approximate surface area is 160 Å². The first-order valence-electron chi connectivity index (χ1n) is 9.07. The largest absolute Gasteiger partial charge is 0.497 e. The van der Waals surface area contributed by atoms with Gasteiger partial charge in [-0.25, -0.2) is 8.42 Å². The van der Waals surface area contributed by atoms with Crippen LogP contribution in [-0.4, -0.2) is 26.2 Å². The Balaban J connectivity index is 1.99. The maximum absolute atomic E-state index is 13.6. The Bertz CT molecular complexity index is 943. The number of hydrogen-bond donors (Lipinski definition) is 1. The third-order valence-electron chi connectivity index (χ3n) is 5.32. The molecule has 1 aliphatic carbocycles. The molecule has 1 N–H and O–H groups in total. The fourth-order valence-electron chi connectivity index (χ4n) is 3.69. The van der Waals surface area contributed by atoms with Crippen LogP contribution in [-0.2, 0) is 14.6 Å². The molecule has 0 aromatic heterocycles. The molecule has 3 rings (SSSR count). The number of ether oxygens (including phenoxy) is 1. The van der Waals surface area contributed by atoms with E-state index >= 15 is 0 Å². The second-order valence-electron chi connectivity index (χ2n) is 7.16. The monoisotopic (exact) mass is 387 g/mol. The number of benzene rings is 2. The molecule has 1 saturated carbocycles. The number of aryl methyl sites for hydroxylation is 2. The van der Waals surface area contributed by atoms with E-state index in [1.807, 2.05) is 13.0 Å². The molecule has 1 aliphatic rings. The van der Waals surface area contributed by atoms with Crippen molar-refractivity contribution < 1.29 is 17.9 Å². The smallest absolute Gasteiger partial charge is 0.246 e. The first kappa shape index (κ1) is 19.4. The lowest BCUT2D eigenvalue weighted by atomic mass is 10.1. The van der Waals surface area contributed by atoms with E-state index in [1.54, 1.807) is 50.4 Å². The van der Waals surface area contributed by atoms with E-state index in [9.17, 15) is 13.2 Å². The van der Waals surface area contributed by atoms with Gasteiger partial charge in [-0.3, -0.25) is 4.79 Å². The number of sulfone groups is 1. The summed E-state index contributed by atoms with van der Waals surface area (Å²) in [5.41, 5.74) is 2.09. The van der Waals surface area contributed by atoms with Crippen LogP contribution in [0.5, 0.6) is 5.75 Å². The Morgan fingerprint density at radius 1 is 1.04 bits per heavy atom. The molecule has 0 radical (unpaired) electrons. The van der Waals surface area contributed by atoms with Gasteiger partial charge in [0, 0.05) is 5.69 Å². The summed E-state index contributed by atoms with van der Waals surface area (Å²) in [5, 5.41) is 2.81. The fraction of sp³-hybridized carbons (Fsp3) is 0.381. The van der Waals surface area contributed by atoms with E-state index in [1.165, 1.54) is 0 Å². The third-order valence-corrected chi connectivity index (χ3v) is 7.96. The number of anilines is 1. The number of carbonyl (C=O) groups is 1. The summed E-state index contributed by atoms with van der Waals surface area (Å²) in [4.78, 5) is 13.4. The van der Waals surface area contributed by atoms with Crippen molar-refractivity contribution in [3.63, 3.8) is 0 Å². The van der Waals surface area contributed by atoms with E-state index in [0.29, 0.717) is 29.8 Å². The lowest BCUT2D eigenvalue weighted by Crippen LogP contribution is -2.47. The summed E-state index contributed by atoms with van der Waals surface area (Å²) < 4.78 is 30.9. The van der Waals surface area contributed by atoms with Gasteiger partial charge in [-0.1, -0.05) is 25.0 Å². The van der Waals surface area contributed by atoms with Gasteiger partial charge < -0.3 is 10.1 Å². The van der Waals surface area contributed by atoms with Crippen molar-refractivity contribution in [1.82, 2.24) is 0 Å². The molecule has 0 bridgehead atoms. The molecule has 27 heavy (non-hydrogen) atoms. The van der Waals surface area contributed by atoms with Crippen LogP contribution >= 0.6 is 0 Å². The minimum Gasteiger partial charge on any atom is -0.497 e. The topological polar surface area (TPSA) is 72.5 Å². The fourth-order valence-corrected chi connectivity index (χ4v) is 6.07. The SMILES string of the molecule is COc1ccc(NC(=O)C2(S(=O)(=O)c3cc(C)ccc3C)CCCC2)cc1. The molecule has 2 aromatic rings. The maximum atomic E-state index is 13.6. The highest BCUT2D eigenvalue weighted by Crippen LogP contribution is 2.42. The Kier molecular flexibility index (Phi) is 5.29. The molecule has 0 spiro atoms. The van der Waals surface area contributed by atoms with E-state index in [0.717, 1.165) is 18.4 Å². The van der Waals surface area contributed by atoms with E-state index in [2.05, 4.69) is 5.32 Å². The molecule has 1 amide bonds. The van der Waals surface area contributed by atoms with Crippen molar-refractivity contribution in [1.29, 1.82) is 0 Å². The third kappa shape index (κ3) is 3.46. The molecule has 0 saturated heterocycles. The van der Waals surface area contributed by atoms with E-state index in [-0.39, 0.29) is 4.90 Å².